The van der Waals surface area contributed by atoms with E-state index >= 15 is 0 Å². The highest BCUT2D eigenvalue weighted by molar-refractivity contribution is 6.35. The molecule has 0 spiro atoms. The first-order valence-corrected chi connectivity index (χ1v) is 5.37. The molecule has 0 saturated heterocycles. The zero-order chi connectivity index (χ0) is 10.4. The quantitative estimate of drug-likeness (QED) is 0.712. The van der Waals surface area contributed by atoms with Crippen LogP contribution in [0.5, 0.6) is 0 Å². The summed E-state index contributed by atoms with van der Waals surface area (Å²) in [4.78, 5) is 4.43. The fourth-order valence-electron chi connectivity index (χ4n) is 1.77. The molecule has 1 aromatic heterocycles. The number of nitrogens with zero attached hydrogens (tertiary/aromatic N) is 1. The fraction of sp³-hybridized carbons (Fsp3) is 0.250. The molecular weight excluding hydrogens is 213 g/mol. The third kappa shape index (κ3) is 1.59. The second kappa shape index (κ2) is 3.17. The van der Waals surface area contributed by atoms with E-state index in [4.69, 9.17) is 11.6 Å². The number of hydrogen-bond acceptors (Lipinski definition) is 1. The Labute approximate surface area is 91.9 Å². The molecule has 1 heterocycles. The van der Waals surface area contributed by atoms with E-state index in [0.717, 1.165) is 11.1 Å². The van der Waals surface area contributed by atoms with E-state index in [0.29, 0.717) is 16.5 Å². The molecule has 2 aromatic rings. The summed E-state index contributed by atoms with van der Waals surface area (Å²) in [6.45, 7) is 0. The SMILES string of the molecule is Fc1ccc2c(Cl)cc(C3CC3)nc2c1. The van der Waals surface area contributed by atoms with Crippen LogP contribution in [0.2, 0.25) is 5.02 Å². The number of halogens is 2. The maximum Gasteiger partial charge on any atom is 0.125 e. The number of rotatable bonds is 1. The van der Waals surface area contributed by atoms with Gasteiger partial charge in [-0.2, -0.15) is 0 Å². The number of fused-ring (bicyclic) bond motifs is 1. The van der Waals surface area contributed by atoms with Crippen LogP contribution in [0.3, 0.4) is 0 Å². The van der Waals surface area contributed by atoms with Gasteiger partial charge in [0.2, 0.25) is 0 Å². The summed E-state index contributed by atoms with van der Waals surface area (Å²) in [6, 6.07) is 6.43. The van der Waals surface area contributed by atoms with Crippen molar-refractivity contribution in [1.82, 2.24) is 4.98 Å². The van der Waals surface area contributed by atoms with Gasteiger partial charge in [-0.25, -0.2) is 4.39 Å². The van der Waals surface area contributed by atoms with Crippen molar-refractivity contribution in [3.8, 4) is 0 Å². The molecule has 0 radical (unpaired) electrons. The minimum atomic E-state index is -0.265. The normalized spacial score (nSPS) is 15.9. The summed E-state index contributed by atoms with van der Waals surface area (Å²) in [7, 11) is 0. The van der Waals surface area contributed by atoms with Crippen molar-refractivity contribution in [1.29, 1.82) is 0 Å². The Bertz CT molecular complexity index is 534. The van der Waals surface area contributed by atoms with Gasteiger partial charge in [-0.05, 0) is 31.0 Å². The standard InChI is InChI=1S/C12H9ClFN/c13-10-6-11(7-1-2-7)15-12-5-8(14)3-4-9(10)12/h3-7H,1-2H2. The zero-order valence-corrected chi connectivity index (χ0v) is 8.76. The number of pyridine rings is 1. The minimum Gasteiger partial charge on any atom is -0.252 e. The maximum absolute atomic E-state index is 13.0. The van der Waals surface area contributed by atoms with E-state index in [2.05, 4.69) is 4.98 Å². The van der Waals surface area contributed by atoms with E-state index in [1.807, 2.05) is 6.07 Å². The topological polar surface area (TPSA) is 12.9 Å². The third-order valence-electron chi connectivity index (χ3n) is 2.74. The predicted molar refractivity (Wildman–Crippen MR) is 58.7 cm³/mol. The molecule has 1 nitrogen and oxygen atoms in total. The molecule has 0 aliphatic heterocycles. The van der Waals surface area contributed by atoms with Gasteiger partial charge in [0.15, 0.2) is 0 Å². The van der Waals surface area contributed by atoms with Gasteiger partial charge in [0.05, 0.1) is 10.5 Å². The van der Waals surface area contributed by atoms with Crippen LogP contribution in [0.25, 0.3) is 10.9 Å². The molecule has 1 aliphatic rings. The highest BCUT2D eigenvalue weighted by Crippen LogP contribution is 2.40. The Balaban J connectivity index is 2.27. The van der Waals surface area contributed by atoms with Gasteiger partial charge < -0.3 is 0 Å². The van der Waals surface area contributed by atoms with Crippen molar-refractivity contribution in [2.75, 3.05) is 0 Å². The van der Waals surface area contributed by atoms with Crippen LogP contribution < -0.4 is 0 Å². The van der Waals surface area contributed by atoms with Crippen LogP contribution in [0.15, 0.2) is 24.3 Å². The summed E-state index contributed by atoms with van der Waals surface area (Å²) in [5, 5.41) is 1.49. The molecule has 1 aromatic carbocycles. The van der Waals surface area contributed by atoms with Crippen molar-refractivity contribution in [2.45, 2.75) is 18.8 Å². The molecule has 1 aliphatic carbocycles. The predicted octanol–water partition coefficient (Wildman–Crippen LogP) is 3.90. The summed E-state index contributed by atoms with van der Waals surface area (Å²) in [6.07, 6.45) is 2.34. The first kappa shape index (κ1) is 9.10. The second-order valence-electron chi connectivity index (χ2n) is 3.96. The van der Waals surface area contributed by atoms with Gasteiger partial charge >= 0.3 is 0 Å². The lowest BCUT2D eigenvalue weighted by molar-refractivity contribution is 0.629. The summed E-state index contributed by atoms with van der Waals surface area (Å²) >= 11 is 6.12. The van der Waals surface area contributed by atoms with Gasteiger partial charge in [-0.15, -0.1) is 0 Å². The Hall–Kier alpha value is -1.15. The number of aromatic nitrogens is 1. The van der Waals surface area contributed by atoms with Crippen molar-refractivity contribution in [3.63, 3.8) is 0 Å². The van der Waals surface area contributed by atoms with Crippen LogP contribution in [0.4, 0.5) is 4.39 Å². The van der Waals surface area contributed by atoms with Gasteiger partial charge in [-0.1, -0.05) is 11.6 Å². The Morgan fingerprint density at radius 3 is 2.80 bits per heavy atom. The zero-order valence-electron chi connectivity index (χ0n) is 8.00. The van der Waals surface area contributed by atoms with Crippen molar-refractivity contribution in [2.24, 2.45) is 0 Å². The van der Waals surface area contributed by atoms with Crippen molar-refractivity contribution >= 4 is 22.5 Å². The van der Waals surface area contributed by atoms with Crippen LogP contribution >= 0.6 is 11.6 Å². The summed E-state index contributed by atoms with van der Waals surface area (Å²) in [5.41, 5.74) is 1.66. The second-order valence-corrected chi connectivity index (χ2v) is 4.37. The lowest BCUT2D eigenvalue weighted by Crippen LogP contribution is -1.89. The van der Waals surface area contributed by atoms with Gasteiger partial charge in [0.25, 0.3) is 0 Å². The molecule has 3 rings (SSSR count). The highest BCUT2D eigenvalue weighted by Gasteiger charge is 2.25. The van der Waals surface area contributed by atoms with E-state index in [-0.39, 0.29) is 5.82 Å². The number of benzene rings is 1. The first-order valence-electron chi connectivity index (χ1n) is 5.00. The molecule has 0 N–H and O–H groups in total. The lowest BCUT2D eigenvalue weighted by Gasteiger charge is -2.03. The van der Waals surface area contributed by atoms with Crippen LogP contribution in [-0.4, -0.2) is 4.98 Å². The molecule has 0 atom stereocenters. The fourth-order valence-corrected chi connectivity index (χ4v) is 2.04. The largest absolute Gasteiger partial charge is 0.252 e. The van der Waals surface area contributed by atoms with E-state index in [9.17, 15) is 4.39 Å². The van der Waals surface area contributed by atoms with E-state index in [1.165, 1.54) is 25.0 Å². The van der Waals surface area contributed by atoms with E-state index < -0.39 is 0 Å². The van der Waals surface area contributed by atoms with Gasteiger partial charge in [0, 0.05) is 23.1 Å². The van der Waals surface area contributed by atoms with Crippen LogP contribution in [0.1, 0.15) is 24.5 Å². The van der Waals surface area contributed by atoms with Crippen LogP contribution in [-0.2, 0) is 0 Å². The molecule has 1 fully saturated rings. The van der Waals surface area contributed by atoms with Crippen LogP contribution in [0, 0.1) is 5.82 Å². The molecule has 0 unspecified atom stereocenters. The molecule has 0 bridgehead atoms. The molecular formula is C12H9ClFN. The summed E-state index contributed by atoms with van der Waals surface area (Å²) < 4.78 is 13.0. The third-order valence-corrected chi connectivity index (χ3v) is 3.05. The monoisotopic (exact) mass is 221 g/mol. The lowest BCUT2D eigenvalue weighted by atomic mass is 10.1. The average molecular weight is 222 g/mol. The molecule has 15 heavy (non-hydrogen) atoms. The molecule has 76 valence electrons. The highest BCUT2D eigenvalue weighted by atomic mass is 35.5. The molecule has 0 amide bonds. The molecule has 3 heteroatoms. The van der Waals surface area contributed by atoms with Crippen molar-refractivity contribution in [3.05, 3.63) is 40.8 Å². The van der Waals surface area contributed by atoms with Gasteiger partial charge in [0.1, 0.15) is 5.82 Å². The van der Waals surface area contributed by atoms with Crippen molar-refractivity contribution < 1.29 is 4.39 Å². The maximum atomic E-state index is 13.0. The first-order chi connectivity index (χ1) is 7.24. The Morgan fingerprint density at radius 2 is 2.07 bits per heavy atom. The number of hydrogen-bond donors (Lipinski definition) is 0. The van der Waals surface area contributed by atoms with E-state index in [1.54, 1.807) is 6.07 Å². The Kier molecular flexibility index (Phi) is 1.93. The minimum absolute atomic E-state index is 0.265. The summed E-state index contributed by atoms with van der Waals surface area (Å²) in [5.74, 6) is 0.272. The average Bonchev–Trinajstić information content (AvgIpc) is 2.99. The smallest absolute Gasteiger partial charge is 0.125 e. The molecule has 1 saturated carbocycles. The van der Waals surface area contributed by atoms with Gasteiger partial charge in [-0.3, -0.25) is 4.98 Å². The Morgan fingerprint density at radius 1 is 1.27 bits per heavy atom.